The summed E-state index contributed by atoms with van der Waals surface area (Å²) < 4.78 is 5.33. The summed E-state index contributed by atoms with van der Waals surface area (Å²) in [6.45, 7) is 17.5. The molecular formula is C108H90N4. The van der Waals surface area contributed by atoms with E-state index in [0.29, 0.717) is 0 Å². The molecule has 0 amide bonds. The zero-order valence-electron chi connectivity index (χ0n) is 64.9. The molecule has 1 atom stereocenters. The second-order valence-corrected chi connectivity index (χ2v) is 33.8. The van der Waals surface area contributed by atoms with Gasteiger partial charge in [0.1, 0.15) is 0 Å². The van der Waals surface area contributed by atoms with Crippen molar-refractivity contribution < 1.29 is 0 Å². The normalized spacial score (nSPS) is 15.6. The molecule has 4 nitrogen and oxygen atoms in total. The minimum atomic E-state index is -0.232. The Bertz CT molecular complexity index is 6580. The summed E-state index contributed by atoms with van der Waals surface area (Å²) in [4.78, 5) is 5.08. The third-order valence-electron chi connectivity index (χ3n) is 25.4. The van der Waals surface area contributed by atoms with Crippen molar-refractivity contribution >= 4 is 99.3 Å². The summed E-state index contributed by atoms with van der Waals surface area (Å²) in [7, 11) is 0. The standard InChI is InChI=1S/C108H90N4/c1-105(2)64-65-106(3,4)102-90(105)44-28-48-95(102)112-94-63-50-72(68-89(94)100-87-42-23-22-41-86(87)97(70-99(100)112)110(83-61-55-78(56-62-83)75-34-16-10-17-35-75)92-46-26-24-39-84(92)79-36-18-11-19-37-79)71-108(7)67-66-107(5,6)103-91(108)45-29-49-96(103)111-93-47-27-25-43-88(93)101-98(111)69-80-38-20-21-40-85(80)104(101)109(81-57-51-76(52-58-81)73-30-12-8-13-31-73)82-59-53-77(54-60-82)74-32-14-9-15-33-74/h8-63,68-70H,64-67,71H2,1-7H3. The first-order valence-electron chi connectivity index (χ1n) is 40.1. The van der Waals surface area contributed by atoms with Crippen molar-refractivity contribution in [1.29, 1.82) is 0 Å². The van der Waals surface area contributed by atoms with Gasteiger partial charge in [-0.15, -0.1) is 0 Å². The van der Waals surface area contributed by atoms with Crippen LogP contribution in [0.25, 0.3) is 121 Å². The van der Waals surface area contributed by atoms with Gasteiger partial charge in [0.25, 0.3) is 0 Å². The van der Waals surface area contributed by atoms with Crippen LogP contribution in [0.4, 0.5) is 34.1 Å². The van der Waals surface area contributed by atoms with Gasteiger partial charge in [-0.2, -0.15) is 0 Å². The molecule has 2 heterocycles. The van der Waals surface area contributed by atoms with Crippen LogP contribution in [-0.4, -0.2) is 9.13 Å². The molecule has 112 heavy (non-hydrogen) atoms. The highest BCUT2D eigenvalue weighted by Crippen LogP contribution is 2.56. The molecule has 0 spiro atoms. The van der Waals surface area contributed by atoms with Gasteiger partial charge in [0.2, 0.25) is 0 Å². The fraction of sp³-hybridized carbons (Fsp3) is 0.148. The van der Waals surface area contributed by atoms with E-state index in [2.05, 4.69) is 425 Å². The lowest BCUT2D eigenvalue weighted by atomic mass is 9.60. The Hall–Kier alpha value is -12.8. The van der Waals surface area contributed by atoms with E-state index >= 15 is 0 Å². The molecule has 0 aliphatic heterocycles. The molecule has 542 valence electrons. The molecule has 0 fully saturated rings. The van der Waals surface area contributed by atoms with Crippen LogP contribution in [0.15, 0.2) is 358 Å². The molecule has 0 saturated heterocycles. The lowest BCUT2D eigenvalue weighted by Crippen LogP contribution is -2.38. The molecule has 0 bridgehead atoms. The van der Waals surface area contributed by atoms with E-state index in [1.54, 1.807) is 0 Å². The van der Waals surface area contributed by atoms with Gasteiger partial charge in [0, 0.05) is 54.9 Å². The van der Waals surface area contributed by atoms with Crippen molar-refractivity contribution in [3.63, 3.8) is 0 Å². The van der Waals surface area contributed by atoms with Crippen LogP contribution in [0.3, 0.4) is 0 Å². The van der Waals surface area contributed by atoms with Gasteiger partial charge in [0.05, 0.1) is 50.5 Å². The van der Waals surface area contributed by atoms with Crippen LogP contribution in [0.2, 0.25) is 0 Å². The number of hydrogen-bond acceptors (Lipinski definition) is 2. The SMILES string of the molecule is CC1(C)CCC(C)(C)c2c(-n3c4ccc(CC5(C)CCC(C)(C)c6c(-n7c8ccccc8c8c(N(c9ccc(-c%10ccccc%10)cc9)c9ccc(-c%10ccccc%10)cc9)c9ccccc9cc87)cccc65)cc4c4c5ccccc5c(N(c5ccc(-c6ccccc6)cc5)c5ccccc5-c5ccccc5)cc43)cccc21. The Morgan fingerprint density at radius 3 is 1.30 bits per heavy atom. The van der Waals surface area contributed by atoms with Gasteiger partial charge in [0.15, 0.2) is 0 Å². The zero-order valence-corrected chi connectivity index (χ0v) is 64.9. The maximum atomic E-state index is 2.68. The molecule has 0 saturated carbocycles. The quantitative estimate of drug-likeness (QED) is 0.108. The predicted octanol–water partition coefficient (Wildman–Crippen LogP) is 29.7. The maximum Gasteiger partial charge on any atom is 0.0640 e. The Balaban J connectivity index is 0.779. The van der Waals surface area contributed by atoms with E-state index in [-0.39, 0.29) is 21.7 Å². The van der Waals surface area contributed by atoms with Crippen LogP contribution >= 0.6 is 0 Å². The number of aromatic nitrogens is 2. The average molecular weight is 1440 g/mol. The van der Waals surface area contributed by atoms with Gasteiger partial charge >= 0.3 is 0 Å². The summed E-state index contributed by atoms with van der Waals surface area (Å²) in [5.74, 6) is 0. The summed E-state index contributed by atoms with van der Waals surface area (Å²) in [5, 5.41) is 9.81. The average Bonchev–Trinajstić information content (AvgIpc) is 1.58. The van der Waals surface area contributed by atoms with Crippen molar-refractivity contribution in [3.05, 3.63) is 386 Å². The van der Waals surface area contributed by atoms with Crippen molar-refractivity contribution in [2.24, 2.45) is 0 Å². The smallest absolute Gasteiger partial charge is 0.0640 e. The van der Waals surface area contributed by atoms with Crippen molar-refractivity contribution in [1.82, 2.24) is 9.13 Å². The van der Waals surface area contributed by atoms with Gasteiger partial charge in [-0.25, -0.2) is 0 Å². The molecule has 16 aromatic carbocycles. The molecule has 1 unspecified atom stereocenters. The van der Waals surface area contributed by atoms with Gasteiger partial charge < -0.3 is 18.9 Å². The van der Waals surface area contributed by atoms with E-state index in [1.807, 2.05) is 0 Å². The minimum Gasteiger partial charge on any atom is -0.309 e. The molecule has 0 radical (unpaired) electrons. The van der Waals surface area contributed by atoms with Crippen molar-refractivity contribution in [3.8, 4) is 55.9 Å². The fourth-order valence-corrected chi connectivity index (χ4v) is 19.7. The van der Waals surface area contributed by atoms with E-state index < -0.39 is 0 Å². The van der Waals surface area contributed by atoms with E-state index in [9.17, 15) is 0 Å². The first-order valence-corrected chi connectivity index (χ1v) is 40.1. The van der Waals surface area contributed by atoms with Gasteiger partial charge in [-0.3, -0.25) is 0 Å². The maximum absolute atomic E-state index is 2.68. The fourth-order valence-electron chi connectivity index (χ4n) is 19.7. The third kappa shape index (κ3) is 11.4. The predicted molar refractivity (Wildman–Crippen MR) is 476 cm³/mol. The van der Waals surface area contributed by atoms with E-state index in [0.717, 1.165) is 66.2 Å². The number of para-hydroxylation sites is 2. The van der Waals surface area contributed by atoms with E-state index in [1.165, 1.54) is 149 Å². The monoisotopic (exact) mass is 1440 g/mol. The summed E-state index contributed by atoms with van der Waals surface area (Å²) in [5.41, 5.74) is 30.1. The Labute approximate surface area is 657 Å². The Morgan fingerprint density at radius 1 is 0.277 bits per heavy atom. The zero-order chi connectivity index (χ0) is 75.6. The van der Waals surface area contributed by atoms with Crippen LogP contribution in [0.1, 0.15) is 102 Å². The largest absolute Gasteiger partial charge is 0.309 e. The van der Waals surface area contributed by atoms with Crippen LogP contribution in [-0.2, 0) is 28.1 Å². The molecule has 2 aliphatic carbocycles. The van der Waals surface area contributed by atoms with Gasteiger partial charge in [-0.1, -0.05) is 321 Å². The molecular weight excluding hydrogens is 1350 g/mol. The second kappa shape index (κ2) is 26.8. The lowest BCUT2D eigenvalue weighted by Gasteiger charge is -2.45. The number of anilines is 6. The van der Waals surface area contributed by atoms with E-state index in [4.69, 9.17) is 0 Å². The number of fused-ring (bicyclic) bond motifs is 11. The summed E-state index contributed by atoms with van der Waals surface area (Å²) >= 11 is 0. The van der Waals surface area contributed by atoms with Crippen LogP contribution < -0.4 is 9.80 Å². The highest BCUT2D eigenvalue weighted by Gasteiger charge is 2.44. The highest BCUT2D eigenvalue weighted by atomic mass is 15.2. The summed E-state index contributed by atoms with van der Waals surface area (Å²) in [6, 6.07) is 135. The Morgan fingerprint density at radius 2 is 0.714 bits per heavy atom. The number of benzene rings is 16. The molecule has 2 aliphatic rings. The number of nitrogens with zero attached hydrogens (tertiary/aromatic N) is 4. The molecule has 0 N–H and O–H groups in total. The molecule has 18 aromatic rings. The number of rotatable bonds is 14. The van der Waals surface area contributed by atoms with Crippen LogP contribution in [0.5, 0.6) is 0 Å². The second-order valence-electron chi connectivity index (χ2n) is 33.8. The lowest BCUT2D eigenvalue weighted by molar-refractivity contribution is 0.310. The third-order valence-corrected chi connectivity index (χ3v) is 25.4. The topological polar surface area (TPSA) is 16.3 Å². The minimum absolute atomic E-state index is 0.00189. The number of hydrogen-bond donors (Lipinski definition) is 0. The van der Waals surface area contributed by atoms with Gasteiger partial charge in [-0.05, 0) is 216 Å². The summed E-state index contributed by atoms with van der Waals surface area (Å²) in [6.07, 6.45) is 5.17. The first kappa shape index (κ1) is 68.5. The molecule has 4 heteroatoms. The van der Waals surface area contributed by atoms with Crippen LogP contribution in [0, 0.1) is 0 Å². The molecule has 20 rings (SSSR count). The van der Waals surface area contributed by atoms with Crippen molar-refractivity contribution in [2.45, 2.75) is 102 Å². The Kier molecular flexibility index (Phi) is 16.4. The first-order chi connectivity index (χ1) is 54.7. The molecule has 2 aromatic heterocycles. The highest BCUT2D eigenvalue weighted by molar-refractivity contribution is 6.26. The van der Waals surface area contributed by atoms with Crippen molar-refractivity contribution in [2.75, 3.05) is 9.80 Å².